The number of aryl methyl sites for hydroxylation is 1. The van der Waals surface area contributed by atoms with Gasteiger partial charge in [-0.2, -0.15) is 13.2 Å². The highest BCUT2D eigenvalue weighted by molar-refractivity contribution is 7.19. The second kappa shape index (κ2) is 8.28. The number of carboxylic acid groups (broad SMARTS) is 1. The molecule has 1 aliphatic rings. The molecule has 1 aromatic carbocycles. The lowest BCUT2D eigenvalue weighted by Crippen LogP contribution is -2.28. The van der Waals surface area contributed by atoms with Crippen molar-refractivity contribution in [3.63, 3.8) is 0 Å². The monoisotopic (exact) mass is 485 g/mol. The van der Waals surface area contributed by atoms with Crippen molar-refractivity contribution < 1.29 is 23.1 Å². The number of benzene rings is 1. The number of amides is 1. The van der Waals surface area contributed by atoms with Crippen LogP contribution in [0.2, 0.25) is 0 Å². The summed E-state index contributed by atoms with van der Waals surface area (Å²) in [5, 5.41) is 10.4. The van der Waals surface area contributed by atoms with Gasteiger partial charge in [-0.3, -0.25) is 14.3 Å². The number of thiophene rings is 1. The number of rotatable bonds is 2. The van der Waals surface area contributed by atoms with E-state index in [9.17, 15) is 27.9 Å². The molecule has 5 rings (SSSR count). The van der Waals surface area contributed by atoms with Crippen LogP contribution in [0.4, 0.5) is 18.0 Å². The Morgan fingerprint density at radius 2 is 1.94 bits per heavy atom. The molecule has 0 spiro atoms. The van der Waals surface area contributed by atoms with Crippen molar-refractivity contribution in [3.8, 4) is 16.9 Å². The van der Waals surface area contributed by atoms with Crippen LogP contribution in [0.5, 0.6) is 0 Å². The van der Waals surface area contributed by atoms with Crippen LogP contribution in [0.1, 0.15) is 22.4 Å². The minimum absolute atomic E-state index is 0.276. The third kappa shape index (κ3) is 4.05. The summed E-state index contributed by atoms with van der Waals surface area (Å²) in [4.78, 5) is 30.5. The summed E-state index contributed by atoms with van der Waals surface area (Å²) >= 11 is 1.53. The number of carbonyl (C=O) groups is 1. The molecule has 0 saturated carbocycles. The Hall–Kier alpha value is -3.66. The largest absolute Gasteiger partial charge is 0.465 e. The van der Waals surface area contributed by atoms with E-state index in [1.54, 1.807) is 12.3 Å². The van der Waals surface area contributed by atoms with Gasteiger partial charge in [-0.25, -0.2) is 4.79 Å². The highest BCUT2D eigenvalue weighted by Gasteiger charge is 2.30. The lowest BCUT2D eigenvalue weighted by molar-refractivity contribution is -0.137. The Balaban J connectivity index is 1.47. The number of fused-ring (bicyclic) bond motifs is 3. The molecule has 0 radical (unpaired) electrons. The molecular weight excluding hydrogens is 467 g/mol. The van der Waals surface area contributed by atoms with Gasteiger partial charge in [-0.05, 0) is 54.1 Å². The third-order valence-electron chi connectivity index (χ3n) is 5.90. The molecule has 0 atom stereocenters. The second-order valence-electron chi connectivity index (χ2n) is 8.05. The maximum absolute atomic E-state index is 12.8. The van der Waals surface area contributed by atoms with E-state index >= 15 is 0 Å². The van der Waals surface area contributed by atoms with Crippen LogP contribution >= 0.6 is 11.3 Å². The number of nitrogens with zero attached hydrogens (tertiary/aromatic N) is 3. The summed E-state index contributed by atoms with van der Waals surface area (Å²) in [6.45, 7) is 0.861. The zero-order chi connectivity index (χ0) is 24.0. The van der Waals surface area contributed by atoms with Crippen molar-refractivity contribution in [1.29, 1.82) is 0 Å². The standard InChI is InChI=1S/C24H18F3N3O3S/c25-24(26,27)15-3-6-19(28-12-15)14-7-9-30(22(31)10-14)16-4-5-18-17-2-1-8-29(23(32)33)13-21(17)34-20(18)11-16/h3-7,9-12H,1-2,8,13H2,(H,32,33). The van der Waals surface area contributed by atoms with Gasteiger partial charge < -0.3 is 10.0 Å². The first kappa shape index (κ1) is 22.1. The zero-order valence-electron chi connectivity index (χ0n) is 17.7. The first-order valence-electron chi connectivity index (χ1n) is 10.5. The van der Waals surface area contributed by atoms with Gasteiger partial charge in [-0.1, -0.05) is 6.07 Å². The minimum atomic E-state index is -4.47. The normalized spacial score (nSPS) is 14.1. The highest BCUT2D eigenvalue weighted by atomic mass is 32.1. The number of hydrogen-bond donors (Lipinski definition) is 1. The Morgan fingerprint density at radius 3 is 2.62 bits per heavy atom. The molecule has 34 heavy (non-hydrogen) atoms. The van der Waals surface area contributed by atoms with Gasteiger partial charge in [0.15, 0.2) is 0 Å². The number of halogens is 3. The van der Waals surface area contributed by atoms with Crippen LogP contribution in [0.3, 0.4) is 0 Å². The maximum atomic E-state index is 12.8. The first-order chi connectivity index (χ1) is 16.2. The molecule has 0 aliphatic carbocycles. The van der Waals surface area contributed by atoms with Gasteiger partial charge in [0.25, 0.3) is 5.56 Å². The van der Waals surface area contributed by atoms with Crippen molar-refractivity contribution in [2.75, 3.05) is 6.54 Å². The zero-order valence-corrected chi connectivity index (χ0v) is 18.5. The molecule has 1 aliphatic heterocycles. The van der Waals surface area contributed by atoms with E-state index in [0.29, 0.717) is 24.3 Å². The number of hydrogen-bond acceptors (Lipinski definition) is 4. The Kier molecular flexibility index (Phi) is 5.40. The summed E-state index contributed by atoms with van der Waals surface area (Å²) in [6, 6.07) is 10.9. The summed E-state index contributed by atoms with van der Waals surface area (Å²) in [7, 11) is 0. The number of pyridine rings is 2. The van der Waals surface area contributed by atoms with Crippen LogP contribution < -0.4 is 5.56 Å². The molecule has 4 heterocycles. The fourth-order valence-corrected chi connectivity index (χ4v) is 5.49. The van der Waals surface area contributed by atoms with Crippen LogP contribution in [-0.2, 0) is 19.1 Å². The Bertz CT molecular complexity index is 1460. The van der Waals surface area contributed by atoms with E-state index in [1.807, 2.05) is 18.2 Å². The fourth-order valence-electron chi connectivity index (χ4n) is 4.19. The molecule has 0 bridgehead atoms. The van der Waals surface area contributed by atoms with Crippen molar-refractivity contribution in [2.24, 2.45) is 0 Å². The smallest absolute Gasteiger partial charge is 0.417 e. The predicted octanol–water partition coefficient (Wildman–Crippen LogP) is 5.56. The van der Waals surface area contributed by atoms with Crippen molar-refractivity contribution in [2.45, 2.75) is 25.6 Å². The first-order valence-corrected chi connectivity index (χ1v) is 11.3. The molecule has 3 aromatic heterocycles. The summed E-state index contributed by atoms with van der Waals surface area (Å²) in [6.07, 6.45) is -1.52. The van der Waals surface area contributed by atoms with Crippen LogP contribution in [0.25, 0.3) is 27.0 Å². The quantitative estimate of drug-likeness (QED) is 0.404. The molecule has 4 aromatic rings. The van der Waals surface area contributed by atoms with Gasteiger partial charge in [0.1, 0.15) is 0 Å². The molecule has 10 heteroatoms. The lowest BCUT2D eigenvalue weighted by atomic mass is 10.1. The third-order valence-corrected chi connectivity index (χ3v) is 7.08. The average molecular weight is 485 g/mol. The van der Waals surface area contributed by atoms with Gasteiger partial charge in [0, 0.05) is 40.1 Å². The molecule has 0 saturated heterocycles. The molecule has 0 unspecified atom stereocenters. The summed E-state index contributed by atoms with van der Waals surface area (Å²) in [5.74, 6) is 0. The van der Waals surface area contributed by atoms with Crippen molar-refractivity contribution in [1.82, 2.24) is 14.5 Å². The predicted molar refractivity (Wildman–Crippen MR) is 122 cm³/mol. The summed E-state index contributed by atoms with van der Waals surface area (Å²) < 4.78 is 40.7. The Morgan fingerprint density at radius 1 is 1.12 bits per heavy atom. The van der Waals surface area contributed by atoms with E-state index in [0.717, 1.165) is 45.6 Å². The molecule has 1 N–H and O–H groups in total. The van der Waals surface area contributed by atoms with Crippen molar-refractivity contribution >= 4 is 27.5 Å². The van der Waals surface area contributed by atoms with E-state index < -0.39 is 17.8 Å². The van der Waals surface area contributed by atoms with Crippen LogP contribution in [0.15, 0.2) is 59.7 Å². The SMILES string of the molecule is O=C(O)N1CCCc2c(sc3cc(-n4ccc(-c5ccc(C(F)(F)F)cn5)cc4=O)ccc23)C1. The van der Waals surface area contributed by atoms with Crippen molar-refractivity contribution in [3.05, 3.63) is 81.2 Å². The Labute approximate surface area is 195 Å². The van der Waals surface area contributed by atoms with Gasteiger partial charge in [0.05, 0.1) is 23.5 Å². The van der Waals surface area contributed by atoms with E-state index in [-0.39, 0.29) is 11.3 Å². The van der Waals surface area contributed by atoms with E-state index in [4.69, 9.17) is 0 Å². The van der Waals surface area contributed by atoms with Crippen LogP contribution in [-0.4, -0.2) is 32.2 Å². The maximum Gasteiger partial charge on any atom is 0.417 e. The number of alkyl halides is 3. The summed E-state index contributed by atoms with van der Waals surface area (Å²) in [5.41, 5.74) is 1.32. The topological polar surface area (TPSA) is 75.4 Å². The van der Waals surface area contributed by atoms with Gasteiger partial charge in [0.2, 0.25) is 0 Å². The molecular formula is C24H18F3N3O3S. The van der Waals surface area contributed by atoms with Gasteiger partial charge in [-0.15, -0.1) is 11.3 Å². The van der Waals surface area contributed by atoms with E-state index in [2.05, 4.69) is 4.98 Å². The van der Waals surface area contributed by atoms with Gasteiger partial charge >= 0.3 is 12.3 Å². The minimum Gasteiger partial charge on any atom is -0.465 e. The molecule has 174 valence electrons. The molecule has 1 amide bonds. The fraction of sp³-hybridized carbons (Fsp3) is 0.208. The van der Waals surface area contributed by atoms with E-state index in [1.165, 1.54) is 32.9 Å². The average Bonchev–Trinajstić information content (AvgIpc) is 2.99. The molecule has 6 nitrogen and oxygen atoms in total. The molecule has 0 fully saturated rings. The van der Waals surface area contributed by atoms with Crippen LogP contribution in [0, 0.1) is 0 Å². The number of aromatic nitrogens is 2. The highest BCUT2D eigenvalue weighted by Crippen LogP contribution is 2.36. The lowest BCUT2D eigenvalue weighted by Gasteiger charge is -2.15. The second-order valence-corrected chi connectivity index (χ2v) is 9.18.